The molecular weight excluding hydrogens is 418 g/mol. The SMILES string of the molecule is CCCC[c-]1cccc1.[C-]1=CC=CC1.[Cl-].[Cl-].[Hf+4]. The summed E-state index contributed by atoms with van der Waals surface area (Å²) in [5.41, 5.74) is 1.48. The van der Waals surface area contributed by atoms with Crippen LogP contribution in [0.4, 0.5) is 0 Å². The van der Waals surface area contributed by atoms with Gasteiger partial charge in [-0.15, -0.1) is 6.42 Å². The number of unbranched alkanes of at least 4 members (excludes halogenated alkanes) is 1. The fraction of sp³-hybridized carbons (Fsp3) is 0.357. The number of halogens is 2. The van der Waals surface area contributed by atoms with Crippen LogP contribution in [0.2, 0.25) is 0 Å². The topological polar surface area (TPSA) is 0 Å². The first-order valence-corrected chi connectivity index (χ1v) is 5.36. The average molecular weight is 436 g/mol. The van der Waals surface area contributed by atoms with Crippen LogP contribution in [-0.4, -0.2) is 0 Å². The minimum atomic E-state index is 0. The summed E-state index contributed by atoms with van der Waals surface area (Å²) in [5, 5.41) is 0. The third kappa shape index (κ3) is 12.5. The van der Waals surface area contributed by atoms with E-state index in [0.717, 1.165) is 6.42 Å². The zero-order valence-electron chi connectivity index (χ0n) is 10.1. The second-order valence-electron chi connectivity index (χ2n) is 3.40. The summed E-state index contributed by atoms with van der Waals surface area (Å²) in [6.07, 6.45) is 13.9. The van der Waals surface area contributed by atoms with E-state index in [9.17, 15) is 0 Å². The van der Waals surface area contributed by atoms with Gasteiger partial charge in [-0.1, -0.05) is 26.2 Å². The molecule has 0 radical (unpaired) electrons. The molecule has 92 valence electrons. The quantitative estimate of drug-likeness (QED) is 0.383. The van der Waals surface area contributed by atoms with Crippen molar-refractivity contribution >= 4 is 0 Å². The van der Waals surface area contributed by atoms with Crippen molar-refractivity contribution in [3.63, 3.8) is 0 Å². The third-order valence-electron chi connectivity index (χ3n) is 2.14. The summed E-state index contributed by atoms with van der Waals surface area (Å²) in [6.45, 7) is 2.23. The molecule has 0 aromatic heterocycles. The second kappa shape index (κ2) is 16.3. The number of hydrogen-bond donors (Lipinski definition) is 0. The normalized spacial score (nSPS) is 10.4. The molecule has 0 bridgehead atoms. The molecule has 0 spiro atoms. The van der Waals surface area contributed by atoms with E-state index in [1.165, 1.54) is 24.8 Å². The van der Waals surface area contributed by atoms with E-state index in [4.69, 9.17) is 0 Å². The van der Waals surface area contributed by atoms with Crippen LogP contribution in [0.3, 0.4) is 0 Å². The van der Waals surface area contributed by atoms with Crippen LogP contribution < -0.4 is 24.8 Å². The number of aryl methyl sites for hydroxylation is 1. The molecule has 0 N–H and O–H groups in total. The van der Waals surface area contributed by atoms with Crippen LogP contribution in [0.1, 0.15) is 31.7 Å². The standard InChI is InChI=1S/C9H13.C5H5.2ClH.Hf/c1-2-3-6-9-7-4-5-8-9;1-2-4-5-3-1;;;/h4-5,7-8H,2-3,6H2,1H3;1-3H,4H2;2*1H;/q2*-1;;;+4/p-2. The predicted octanol–water partition coefficient (Wildman–Crippen LogP) is -1.94. The molecule has 1 aromatic carbocycles. The zero-order valence-corrected chi connectivity index (χ0v) is 15.2. The van der Waals surface area contributed by atoms with Gasteiger partial charge in [0.05, 0.1) is 0 Å². The van der Waals surface area contributed by atoms with Gasteiger partial charge >= 0.3 is 25.8 Å². The molecule has 0 unspecified atom stereocenters. The third-order valence-corrected chi connectivity index (χ3v) is 2.14. The Bertz CT molecular complexity index is 266. The first-order chi connectivity index (χ1) is 6.93. The van der Waals surface area contributed by atoms with E-state index >= 15 is 0 Å². The summed E-state index contributed by atoms with van der Waals surface area (Å²) in [4.78, 5) is 0. The van der Waals surface area contributed by atoms with Crippen LogP contribution in [0.15, 0.2) is 42.5 Å². The van der Waals surface area contributed by atoms with Crippen molar-refractivity contribution in [3.05, 3.63) is 54.1 Å². The molecule has 0 fully saturated rings. The molecule has 3 heteroatoms. The van der Waals surface area contributed by atoms with Crippen LogP contribution in [0.25, 0.3) is 0 Å². The largest absolute Gasteiger partial charge is 4.00 e. The van der Waals surface area contributed by atoms with Crippen molar-refractivity contribution in [2.24, 2.45) is 0 Å². The maximum absolute atomic E-state index is 2.99. The van der Waals surface area contributed by atoms with Crippen molar-refractivity contribution in [2.75, 3.05) is 0 Å². The summed E-state index contributed by atoms with van der Waals surface area (Å²) in [6, 6.07) is 8.58. The van der Waals surface area contributed by atoms with Gasteiger partial charge in [0.1, 0.15) is 0 Å². The van der Waals surface area contributed by atoms with E-state index in [1.807, 2.05) is 12.2 Å². The van der Waals surface area contributed by atoms with Crippen molar-refractivity contribution in [2.45, 2.75) is 32.6 Å². The van der Waals surface area contributed by atoms with Gasteiger partial charge in [0.15, 0.2) is 0 Å². The van der Waals surface area contributed by atoms with E-state index in [0.29, 0.717) is 0 Å². The Labute approximate surface area is 137 Å². The molecule has 1 aromatic rings. The Morgan fingerprint density at radius 3 is 2.18 bits per heavy atom. The van der Waals surface area contributed by atoms with E-state index in [-0.39, 0.29) is 50.7 Å². The molecule has 1 aliphatic carbocycles. The summed E-state index contributed by atoms with van der Waals surface area (Å²) >= 11 is 0. The summed E-state index contributed by atoms with van der Waals surface area (Å²) in [5.74, 6) is 0. The first kappa shape index (κ1) is 22.5. The molecule has 0 nitrogen and oxygen atoms in total. The Balaban J connectivity index is -0.000000216. The maximum atomic E-state index is 2.99. The Kier molecular flexibility index (Phi) is 21.5. The predicted molar refractivity (Wildman–Crippen MR) is 62.2 cm³/mol. The number of rotatable bonds is 3. The molecule has 0 atom stereocenters. The van der Waals surface area contributed by atoms with Crippen molar-refractivity contribution < 1.29 is 50.7 Å². The van der Waals surface area contributed by atoms with Crippen LogP contribution in [0.5, 0.6) is 0 Å². The fourth-order valence-electron chi connectivity index (χ4n) is 1.30. The van der Waals surface area contributed by atoms with E-state index < -0.39 is 0 Å². The molecule has 17 heavy (non-hydrogen) atoms. The molecule has 0 saturated carbocycles. The minimum absolute atomic E-state index is 0. The monoisotopic (exact) mass is 436 g/mol. The van der Waals surface area contributed by atoms with E-state index in [2.05, 4.69) is 43.3 Å². The average Bonchev–Trinajstić information content (AvgIpc) is 2.90. The molecule has 0 saturated heterocycles. The molecule has 0 aliphatic heterocycles. The molecule has 0 amide bonds. The number of hydrogen-bond acceptors (Lipinski definition) is 0. The van der Waals surface area contributed by atoms with Gasteiger partial charge in [-0.05, 0) is 0 Å². The van der Waals surface area contributed by atoms with Gasteiger partial charge in [0.25, 0.3) is 0 Å². The zero-order chi connectivity index (χ0) is 10.1. The minimum Gasteiger partial charge on any atom is -1.00 e. The van der Waals surface area contributed by atoms with Gasteiger partial charge in [-0.2, -0.15) is 23.8 Å². The number of allylic oxidation sites excluding steroid dienone is 4. The summed E-state index contributed by atoms with van der Waals surface area (Å²) < 4.78 is 0. The maximum Gasteiger partial charge on any atom is 4.00 e. The molecule has 0 heterocycles. The second-order valence-corrected chi connectivity index (χ2v) is 3.40. The van der Waals surface area contributed by atoms with Crippen molar-refractivity contribution in [3.8, 4) is 0 Å². The van der Waals surface area contributed by atoms with Crippen LogP contribution in [0, 0.1) is 6.08 Å². The Hall–Kier alpha value is 0.280. The van der Waals surface area contributed by atoms with Crippen molar-refractivity contribution in [1.29, 1.82) is 0 Å². The first-order valence-electron chi connectivity index (χ1n) is 5.36. The van der Waals surface area contributed by atoms with Gasteiger partial charge in [0.2, 0.25) is 0 Å². The van der Waals surface area contributed by atoms with Gasteiger partial charge in [-0.3, -0.25) is 6.08 Å². The van der Waals surface area contributed by atoms with Gasteiger partial charge in [-0.25, -0.2) is 24.3 Å². The van der Waals surface area contributed by atoms with Crippen LogP contribution >= 0.6 is 0 Å². The molecule has 1 aliphatic rings. The van der Waals surface area contributed by atoms with Crippen LogP contribution in [-0.2, 0) is 32.3 Å². The van der Waals surface area contributed by atoms with Crippen molar-refractivity contribution in [1.82, 2.24) is 0 Å². The molecular formula is C14H18Cl2Hf. The Morgan fingerprint density at radius 1 is 1.18 bits per heavy atom. The van der Waals surface area contributed by atoms with Gasteiger partial charge < -0.3 is 24.8 Å². The molecule has 2 rings (SSSR count). The van der Waals surface area contributed by atoms with Gasteiger partial charge in [0, 0.05) is 0 Å². The smallest absolute Gasteiger partial charge is 1.00 e. The Morgan fingerprint density at radius 2 is 1.82 bits per heavy atom. The summed E-state index contributed by atoms with van der Waals surface area (Å²) in [7, 11) is 0. The van der Waals surface area contributed by atoms with E-state index in [1.54, 1.807) is 0 Å². The fourth-order valence-corrected chi connectivity index (χ4v) is 1.30.